The molecule has 3 N–H and O–H groups in total. The number of nitrogens with zero attached hydrogens (tertiary/aromatic N) is 1. The van der Waals surface area contributed by atoms with Crippen LogP contribution in [0.5, 0.6) is 0 Å². The van der Waals surface area contributed by atoms with Crippen molar-refractivity contribution in [3.05, 3.63) is 97.2 Å². The van der Waals surface area contributed by atoms with E-state index in [1.54, 1.807) is 6.08 Å². The van der Waals surface area contributed by atoms with Crippen LogP contribution >= 0.6 is 7.82 Å². The third-order valence-corrected chi connectivity index (χ3v) is 15.5. The number of amides is 1. The van der Waals surface area contributed by atoms with E-state index in [1.807, 2.05) is 27.2 Å². The Bertz CT molecular complexity index is 1610. The number of phosphoric acid groups is 1. The zero-order valence-corrected chi connectivity index (χ0v) is 53.2. The highest BCUT2D eigenvalue weighted by molar-refractivity contribution is 7.47. The highest BCUT2D eigenvalue weighted by Crippen LogP contribution is 2.43. The molecular weight excluding hydrogens is 996 g/mol. The van der Waals surface area contributed by atoms with E-state index in [9.17, 15) is 19.4 Å². The molecule has 3 unspecified atom stereocenters. The molecule has 0 aromatic carbocycles. The number of allylic oxidation sites excluding steroid dienone is 15. The highest BCUT2D eigenvalue weighted by atomic mass is 31.2. The lowest BCUT2D eigenvalue weighted by molar-refractivity contribution is -0.870. The lowest BCUT2D eigenvalue weighted by atomic mass is 10.0. The topological polar surface area (TPSA) is 105 Å². The van der Waals surface area contributed by atoms with Gasteiger partial charge in [0.15, 0.2) is 0 Å². The molecule has 0 spiro atoms. The first-order valence-electron chi connectivity index (χ1n) is 33.1. The van der Waals surface area contributed by atoms with Gasteiger partial charge in [0.2, 0.25) is 5.91 Å². The predicted octanol–water partition coefficient (Wildman–Crippen LogP) is 20.9. The van der Waals surface area contributed by atoms with Crippen molar-refractivity contribution < 1.29 is 32.9 Å². The molecule has 0 aromatic heterocycles. The number of hydrogen-bond donors (Lipinski definition) is 3. The van der Waals surface area contributed by atoms with Crippen LogP contribution in [-0.2, 0) is 18.4 Å². The smallest absolute Gasteiger partial charge is 0.387 e. The lowest BCUT2D eigenvalue weighted by Gasteiger charge is -2.25. The monoisotopic (exact) mass is 1120 g/mol. The van der Waals surface area contributed by atoms with E-state index in [-0.39, 0.29) is 19.1 Å². The first-order chi connectivity index (χ1) is 38.5. The maximum absolute atomic E-state index is 13.0. The Hall–Kier alpha value is -2.58. The van der Waals surface area contributed by atoms with Gasteiger partial charge in [-0.1, -0.05) is 304 Å². The van der Waals surface area contributed by atoms with E-state index in [4.69, 9.17) is 9.05 Å². The highest BCUT2D eigenvalue weighted by Gasteiger charge is 2.28. The quantitative estimate of drug-likeness (QED) is 0.0243. The summed E-state index contributed by atoms with van der Waals surface area (Å²) in [5, 5.41) is 14.0. The molecule has 0 heterocycles. The average molecular weight is 1120 g/mol. The second kappa shape index (κ2) is 60.0. The van der Waals surface area contributed by atoms with E-state index in [1.165, 1.54) is 173 Å². The summed E-state index contributed by atoms with van der Waals surface area (Å²) in [7, 11) is 1.56. The molecule has 8 nitrogen and oxygen atoms in total. The Morgan fingerprint density at radius 1 is 0.443 bits per heavy atom. The van der Waals surface area contributed by atoms with Gasteiger partial charge in [0.1, 0.15) is 13.2 Å². The third-order valence-electron chi connectivity index (χ3n) is 14.6. The number of aliphatic hydroxyl groups is 1. The van der Waals surface area contributed by atoms with E-state index in [0.29, 0.717) is 17.4 Å². The summed E-state index contributed by atoms with van der Waals surface area (Å²) >= 11 is 0. The van der Waals surface area contributed by atoms with Crippen LogP contribution in [0.25, 0.3) is 0 Å². The van der Waals surface area contributed by atoms with Gasteiger partial charge in [-0.15, -0.1) is 0 Å². The number of aliphatic hydroxyl groups excluding tert-OH is 1. The maximum Gasteiger partial charge on any atom is 0.472 e. The number of unbranched alkanes of at least 4 members (excludes halogenated alkanes) is 33. The van der Waals surface area contributed by atoms with Crippen molar-refractivity contribution >= 4 is 13.7 Å². The molecule has 0 saturated carbocycles. The zero-order chi connectivity index (χ0) is 57.7. The number of carbonyl (C=O) groups excluding carboxylic acids is 1. The molecule has 0 aromatic rings. The summed E-state index contributed by atoms with van der Waals surface area (Å²) in [4.78, 5) is 23.4. The van der Waals surface area contributed by atoms with Gasteiger partial charge in [-0.05, 0) is 77.0 Å². The second-order valence-electron chi connectivity index (χ2n) is 23.5. The van der Waals surface area contributed by atoms with Crippen molar-refractivity contribution in [2.75, 3.05) is 40.9 Å². The summed E-state index contributed by atoms with van der Waals surface area (Å²) < 4.78 is 23.8. The van der Waals surface area contributed by atoms with Gasteiger partial charge in [0.05, 0.1) is 39.9 Å². The van der Waals surface area contributed by atoms with Gasteiger partial charge >= 0.3 is 7.82 Å². The normalized spacial score (nSPS) is 14.4. The predicted molar refractivity (Wildman–Crippen MR) is 346 cm³/mol. The van der Waals surface area contributed by atoms with Crippen LogP contribution in [-0.4, -0.2) is 73.4 Å². The molecular formula is C70H128N2O6P+. The van der Waals surface area contributed by atoms with Gasteiger partial charge in [0, 0.05) is 6.42 Å². The molecule has 0 rings (SSSR count). The van der Waals surface area contributed by atoms with Crippen LogP contribution in [0.4, 0.5) is 0 Å². The minimum atomic E-state index is -4.36. The number of hydrogen-bond acceptors (Lipinski definition) is 5. The van der Waals surface area contributed by atoms with Crippen molar-refractivity contribution in [1.29, 1.82) is 0 Å². The Morgan fingerprint density at radius 3 is 1.11 bits per heavy atom. The number of carbonyl (C=O) groups is 1. The van der Waals surface area contributed by atoms with Crippen molar-refractivity contribution in [3.8, 4) is 0 Å². The Labute approximate surface area is 489 Å². The van der Waals surface area contributed by atoms with Crippen molar-refractivity contribution in [2.45, 2.75) is 302 Å². The molecule has 79 heavy (non-hydrogen) atoms. The molecule has 0 bridgehead atoms. The van der Waals surface area contributed by atoms with E-state index < -0.39 is 20.0 Å². The molecule has 9 heteroatoms. The van der Waals surface area contributed by atoms with Crippen molar-refractivity contribution in [2.24, 2.45) is 0 Å². The minimum Gasteiger partial charge on any atom is -0.387 e. The van der Waals surface area contributed by atoms with Gasteiger partial charge in [0.25, 0.3) is 0 Å². The van der Waals surface area contributed by atoms with Crippen LogP contribution in [0.3, 0.4) is 0 Å². The fraction of sp³-hybridized carbons (Fsp3) is 0.757. The molecule has 0 aliphatic heterocycles. The maximum atomic E-state index is 13.0. The largest absolute Gasteiger partial charge is 0.472 e. The first-order valence-corrected chi connectivity index (χ1v) is 34.6. The molecule has 0 saturated heterocycles. The molecule has 0 aliphatic carbocycles. The molecule has 0 fully saturated rings. The summed E-state index contributed by atoms with van der Waals surface area (Å²) in [6, 6.07) is -0.861. The number of likely N-dealkylation sites (N-methyl/N-ethyl adjacent to an activating group) is 1. The van der Waals surface area contributed by atoms with Crippen LogP contribution in [0.2, 0.25) is 0 Å². The standard InChI is InChI=1S/C70H127N2O6P/c1-6-8-10-12-14-16-18-20-22-24-26-28-30-32-34-36-38-40-42-44-46-48-50-52-54-56-58-60-62-64-70(74)71-68(67-78-79(75,76)77-66-65-72(3,4)5)69(73)63-61-59-57-55-53-51-49-47-45-43-41-39-37-35-33-31-29-27-25-23-21-19-17-15-13-11-9-7-2/h8,10,14,16,20,22,26,28,32,34,38,40,44,46,61,63,68-69,73H,6-7,9,11-13,15,17-19,21,23-25,27,29-31,33,35-37,39,41-43,45,47-60,62,64-67H2,1-5H3,(H-,71,74,75,76)/p+1/b10-8-,16-14-,22-20-,28-26-,34-32-,40-38-,46-44-,63-61+. The Morgan fingerprint density at radius 2 is 0.759 bits per heavy atom. The molecule has 0 aliphatic rings. The summed E-state index contributed by atoms with van der Waals surface area (Å²) in [5.74, 6) is -0.189. The van der Waals surface area contributed by atoms with Crippen molar-refractivity contribution in [1.82, 2.24) is 5.32 Å². The fourth-order valence-corrected chi connectivity index (χ4v) is 10.2. The van der Waals surface area contributed by atoms with E-state index in [0.717, 1.165) is 96.3 Å². The number of nitrogens with one attached hydrogen (secondary N) is 1. The van der Waals surface area contributed by atoms with Crippen LogP contribution < -0.4 is 5.32 Å². The van der Waals surface area contributed by atoms with Crippen LogP contribution in [0.15, 0.2) is 97.2 Å². The van der Waals surface area contributed by atoms with Gasteiger partial charge in [-0.3, -0.25) is 13.8 Å². The molecule has 3 atom stereocenters. The minimum absolute atomic E-state index is 0.0547. The second-order valence-corrected chi connectivity index (χ2v) is 24.9. The van der Waals surface area contributed by atoms with Gasteiger partial charge < -0.3 is 19.8 Å². The molecule has 458 valence electrons. The summed E-state index contributed by atoms with van der Waals surface area (Å²) in [5.41, 5.74) is 0. The number of rotatable bonds is 60. The molecule has 0 radical (unpaired) electrons. The van der Waals surface area contributed by atoms with Crippen molar-refractivity contribution in [3.63, 3.8) is 0 Å². The lowest BCUT2D eigenvalue weighted by Crippen LogP contribution is -2.45. The number of quaternary nitrogens is 1. The summed E-state index contributed by atoms with van der Waals surface area (Å²) in [6.07, 6.45) is 86.7. The van der Waals surface area contributed by atoms with Gasteiger partial charge in [-0.2, -0.15) is 0 Å². The molecule has 1 amide bonds. The Kier molecular flexibility index (Phi) is 58.1. The van der Waals surface area contributed by atoms with Crippen LogP contribution in [0, 0.1) is 0 Å². The van der Waals surface area contributed by atoms with E-state index in [2.05, 4.69) is 104 Å². The third kappa shape index (κ3) is 62.9. The fourth-order valence-electron chi connectivity index (χ4n) is 9.44. The Balaban J connectivity index is 4.18. The zero-order valence-electron chi connectivity index (χ0n) is 52.3. The van der Waals surface area contributed by atoms with Crippen LogP contribution in [0.1, 0.15) is 290 Å². The number of phosphoric ester groups is 1. The SMILES string of the molecule is CC/C=C\C/C=C\C/C=C\C/C=C\C/C=C\C/C=C\C/C=C\CCCCCCCCCC(=O)NC(COP(=O)(O)OCC[N+](C)(C)C)C(O)/C=C/CCCCCCCCCCCCCCCCCCCCCCCCCCCC. The van der Waals surface area contributed by atoms with E-state index >= 15 is 0 Å². The van der Waals surface area contributed by atoms with Gasteiger partial charge in [-0.25, -0.2) is 4.57 Å². The summed E-state index contributed by atoms with van der Waals surface area (Å²) in [6.45, 7) is 4.72. The first kappa shape index (κ1) is 76.4. The average Bonchev–Trinajstić information content (AvgIpc) is 3.42.